The van der Waals surface area contributed by atoms with Gasteiger partial charge in [0, 0.05) is 31.1 Å². The number of carbonyl (C=O) groups is 2. The van der Waals surface area contributed by atoms with Gasteiger partial charge in [-0.25, -0.2) is 4.98 Å². The summed E-state index contributed by atoms with van der Waals surface area (Å²) in [6.45, 7) is -0.112. The number of nitrogens with one attached hydrogen (secondary N) is 1. The van der Waals surface area contributed by atoms with E-state index in [-0.39, 0.29) is 24.3 Å². The van der Waals surface area contributed by atoms with Crippen LogP contribution in [-0.2, 0) is 4.79 Å². The van der Waals surface area contributed by atoms with Crippen LogP contribution in [0.1, 0.15) is 10.4 Å². The molecule has 2 amide bonds. The van der Waals surface area contributed by atoms with E-state index in [2.05, 4.69) is 15.3 Å². The van der Waals surface area contributed by atoms with E-state index < -0.39 is 0 Å². The average molecular weight is 380 g/mol. The molecule has 0 fully saturated rings. The Morgan fingerprint density at radius 1 is 1.00 bits per heavy atom. The zero-order valence-electron chi connectivity index (χ0n) is 15.8. The fourth-order valence-corrected chi connectivity index (χ4v) is 2.33. The lowest BCUT2D eigenvalue weighted by atomic mass is 10.2. The number of aromatic nitrogens is 2. The maximum Gasteiger partial charge on any atom is 0.260 e. The number of nitrogens with zero attached hydrogens (tertiary/aromatic N) is 3. The van der Waals surface area contributed by atoms with E-state index in [0.29, 0.717) is 22.8 Å². The minimum Gasteiger partial charge on any atom is -0.497 e. The molecule has 0 bridgehead atoms. The third-order valence-electron chi connectivity index (χ3n) is 3.96. The van der Waals surface area contributed by atoms with Crippen molar-refractivity contribution in [1.29, 1.82) is 0 Å². The average Bonchev–Trinajstić information content (AvgIpc) is 2.71. The zero-order valence-corrected chi connectivity index (χ0v) is 15.8. The second kappa shape index (κ2) is 8.34. The number of fused-ring (bicyclic) bond motifs is 1. The third kappa shape index (κ3) is 4.53. The number of amides is 2. The van der Waals surface area contributed by atoms with Gasteiger partial charge in [-0.05, 0) is 42.5 Å². The number of likely N-dealkylation sites (N-methyl/N-ethyl adjacent to an activating group) is 1. The van der Waals surface area contributed by atoms with Crippen LogP contribution < -0.4 is 14.8 Å². The normalized spacial score (nSPS) is 10.4. The van der Waals surface area contributed by atoms with Crippen LogP contribution in [0.25, 0.3) is 11.0 Å². The Kier molecular flexibility index (Phi) is 5.69. The first-order valence-corrected chi connectivity index (χ1v) is 8.52. The summed E-state index contributed by atoms with van der Waals surface area (Å²) in [7, 11) is 4.87. The minimum absolute atomic E-state index is 0.112. The summed E-state index contributed by atoms with van der Waals surface area (Å²) in [5.74, 6) is 0.856. The quantitative estimate of drug-likeness (QED) is 0.706. The lowest BCUT2D eigenvalue weighted by Gasteiger charge is -2.11. The molecular weight excluding hydrogens is 360 g/mol. The lowest BCUT2D eigenvalue weighted by Crippen LogP contribution is -2.27. The van der Waals surface area contributed by atoms with Gasteiger partial charge >= 0.3 is 0 Å². The molecule has 0 spiro atoms. The highest BCUT2D eigenvalue weighted by Crippen LogP contribution is 2.18. The van der Waals surface area contributed by atoms with Crippen LogP contribution in [0.4, 0.5) is 5.82 Å². The molecule has 0 atom stereocenters. The van der Waals surface area contributed by atoms with Gasteiger partial charge in [0.2, 0.25) is 5.88 Å². The van der Waals surface area contributed by atoms with Gasteiger partial charge in [-0.3, -0.25) is 9.59 Å². The third-order valence-corrected chi connectivity index (χ3v) is 3.96. The fourth-order valence-electron chi connectivity index (χ4n) is 2.33. The van der Waals surface area contributed by atoms with E-state index >= 15 is 0 Å². The van der Waals surface area contributed by atoms with E-state index in [1.54, 1.807) is 69.7 Å². The number of carbonyl (C=O) groups excluding carboxylic acids is 2. The van der Waals surface area contributed by atoms with Crippen molar-refractivity contribution in [1.82, 2.24) is 14.9 Å². The number of anilines is 1. The van der Waals surface area contributed by atoms with E-state index in [1.807, 2.05) is 0 Å². The number of hydrogen-bond donors (Lipinski definition) is 1. The van der Waals surface area contributed by atoms with Crippen LogP contribution in [0.15, 0.2) is 48.5 Å². The van der Waals surface area contributed by atoms with Gasteiger partial charge in [-0.1, -0.05) is 0 Å². The first-order chi connectivity index (χ1) is 13.5. The Balaban J connectivity index is 1.74. The maximum atomic E-state index is 12.4. The molecule has 0 radical (unpaired) electrons. The van der Waals surface area contributed by atoms with E-state index in [4.69, 9.17) is 9.47 Å². The molecule has 8 nitrogen and oxygen atoms in total. The molecule has 0 saturated carbocycles. The molecule has 0 aliphatic carbocycles. The molecule has 28 heavy (non-hydrogen) atoms. The highest BCUT2D eigenvalue weighted by atomic mass is 16.5. The standard InChI is InChI=1S/C20H20N4O4/c1-24(2)18(25)12-28-17-11-7-13-6-10-16(21-19(13)23-17)22-20(26)14-4-8-15(27-3)9-5-14/h4-11H,12H2,1-3H3,(H,21,22,23,26). The van der Waals surface area contributed by atoms with Gasteiger partial charge < -0.3 is 19.7 Å². The molecule has 8 heteroatoms. The van der Waals surface area contributed by atoms with Gasteiger partial charge in [0.1, 0.15) is 11.6 Å². The van der Waals surface area contributed by atoms with E-state index in [9.17, 15) is 9.59 Å². The number of hydrogen-bond acceptors (Lipinski definition) is 6. The zero-order chi connectivity index (χ0) is 20.1. The van der Waals surface area contributed by atoms with Gasteiger partial charge in [0.05, 0.1) is 7.11 Å². The molecule has 2 heterocycles. The molecule has 0 saturated heterocycles. The van der Waals surface area contributed by atoms with E-state index in [1.165, 1.54) is 4.90 Å². The minimum atomic E-state index is -0.293. The van der Waals surface area contributed by atoms with E-state index in [0.717, 1.165) is 5.39 Å². The first-order valence-electron chi connectivity index (χ1n) is 8.52. The largest absolute Gasteiger partial charge is 0.497 e. The molecule has 144 valence electrons. The summed E-state index contributed by atoms with van der Waals surface area (Å²) in [4.78, 5) is 34.1. The van der Waals surface area contributed by atoms with Crippen LogP contribution in [0.5, 0.6) is 11.6 Å². The summed E-state index contributed by atoms with van der Waals surface area (Å²) in [6.07, 6.45) is 0. The summed E-state index contributed by atoms with van der Waals surface area (Å²) in [6, 6.07) is 13.7. The van der Waals surface area contributed by atoms with Crippen molar-refractivity contribution in [3.63, 3.8) is 0 Å². The van der Waals surface area contributed by atoms with Gasteiger partial charge in [-0.15, -0.1) is 0 Å². The number of methoxy groups -OCH3 is 1. The molecular formula is C20H20N4O4. The van der Waals surface area contributed by atoms with Crippen LogP contribution in [-0.4, -0.2) is 54.5 Å². The number of benzene rings is 1. The predicted octanol–water partition coefficient (Wildman–Crippen LogP) is 2.36. The Bertz CT molecular complexity index is 1000. The van der Waals surface area contributed by atoms with Crippen molar-refractivity contribution in [3.05, 3.63) is 54.1 Å². The number of rotatable bonds is 6. The molecule has 0 aliphatic heterocycles. The summed E-state index contributed by atoms with van der Waals surface area (Å²) >= 11 is 0. The smallest absolute Gasteiger partial charge is 0.260 e. The highest BCUT2D eigenvalue weighted by Gasteiger charge is 2.10. The molecule has 1 aromatic carbocycles. The van der Waals surface area contributed by atoms with Gasteiger partial charge in [-0.2, -0.15) is 4.98 Å². The van der Waals surface area contributed by atoms with Gasteiger partial charge in [0.25, 0.3) is 11.8 Å². The van der Waals surface area contributed by atoms with Crippen molar-refractivity contribution in [2.45, 2.75) is 0 Å². The highest BCUT2D eigenvalue weighted by molar-refractivity contribution is 6.04. The fraction of sp³-hybridized carbons (Fsp3) is 0.200. The molecule has 2 aromatic heterocycles. The molecule has 0 unspecified atom stereocenters. The second-order valence-corrected chi connectivity index (χ2v) is 6.15. The molecule has 1 N–H and O–H groups in total. The van der Waals surface area contributed by atoms with Gasteiger partial charge in [0.15, 0.2) is 12.3 Å². The Morgan fingerprint density at radius 3 is 2.39 bits per heavy atom. The van der Waals surface area contributed by atoms with Crippen molar-refractivity contribution >= 4 is 28.7 Å². The Morgan fingerprint density at radius 2 is 1.71 bits per heavy atom. The van der Waals surface area contributed by atoms with Crippen molar-refractivity contribution in [2.24, 2.45) is 0 Å². The second-order valence-electron chi connectivity index (χ2n) is 6.15. The van der Waals surface area contributed by atoms with Crippen LogP contribution >= 0.6 is 0 Å². The molecule has 3 aromatic rings. The van der Waals surface area contributed by atoms with Crippen LogP contribution in [0.3, 0.4) is 0 Å². The Labute approximate surface area is 162 Å². The number of ether oxygens (including phenoxy) is 2. The SMILES string of the molecule is COc1ccc(C(=O)Nc2ccc3ccc(OCC(=O)N(C)C)nc3n2)cc1. The topological polar surface area (TPSA) is 93.6 Å². The molecule has 0 aliphatic rings. The summed E-state index contributed by atoms with van der Waals surface area (Å²) < 4.78 is 10.5. The van der Waals surface area contributed by atoms with Crippen LogP contribution in [0.2, 0.25) is 0 Å². The van der Waals surface area contributed by atoms with Crippen molar-refractivity contribution in [2.75, 3.05) is 33.1 Å². The summed E-state index contributed by atoms with van der Waals surface area (Å²) in [5.41, 5.74) is 0.886. The van der Waals surface area contributed by atoms with Crippen LogP contribution in [0, 0.1) is 0 Å². The predicted molar refractivity (Wildman–Crippen MR) is 105 cm³/mol. The monoisotopic (exact) mass is 380 g/mol. The lowest BCUT2D eigenvalue weighted by molar-refractivity contribution is -0.130. The molecule has 3 rings (SSSR count). The van der Waals surface area contributed by atoms with Crippen molar-refractivity contribution < 1.29 is 19.1 Å². The van der Waals surface area contributed by atoms with Crippen molar-refractivity contribution in [3.8, 4) is 11.6 Å². The number of pyridine rings is 2. The maximum absolute atomic E-state index is 12.4. The first kappa shape index (κ1) is 19.1. The summed E-state index contributed by atoms with van der Waals surface area (Å²) in [5, 5.41) is 3.53. The Hall–Kier alpha value is -3.68.